The molecule has 10 aromatic carbocycles. The summed E-state index contributed by atoms with van der Waals surface area (Å²) in [5, 5.41) is 1.30. The molecule has 1 aromatic heterocycles. The first-order valence-electron chi connectivity index (χ1n) is 26.7. The molecule has 1 heterocycles. The van der Waals surface area contributed by atoms with Crippen LogP contribution in [0.15, 0.2) is 254 Å². The highest BCUT2D eigenvalue weighted by molar-refractivity contribution is 6.04. The molecule has 1 unspecified atom stereocenters. The highest BCUT2D eigenvalue weighted by Gasteiger charge is 2.35. The van der Waals surface area contributed by atoms with E-state index in [2.05, 4.69) is 301 Å². The molecule has 12 rings (SSSR count). The number of aromatic nitrogens is 1. The van der Waals surface area contributed by atoms with Gasteiger partial charge in [-0.1, -0.05) is 235 Å². The van der Waals surface area contributed by atoms with E-state index in [1.807, 2.05) is 0 Å². The quantitative estimate of drug-likeness (QED) is 0.136. The molecule has 0 saturated carbocycles. The predicted octanol–water partition coefficient (Wildman–Crippen LogP) is 20.6. The normalized spacial score (nSPS) is 13.6. The molecule has 0 aliphatic heterocycles. The molecule has 1 heteroatoms. The van der Waals surface area contributed by atoms with Crippen molar-refractivity contribution in [1.29, 1.82) is 0 Å². The second kappa shape index (κ2) is 19.4. The molecule has 1 aliphatic rings. The van der Waals surface area contributed by atoms with Gasteiger partial charge in [-0.15, -0.1) is 0 Å². The van der Waals surface area contributed by atoms with Crippen LogP contribution in [-0.2, 0) is 5.41 Å². The summed E-state index contributed by atoms with van der Waals surface area (Å²) < 4.78 is 2.64. The minimum absolute atomic E-state index is 0.0466. The molecular weight excluding hydrogens is 903 g/mol. The van der Waals surface area contributed by atoms with Crippen LogP contribution < -0.4 is 0 Å². The molecule has 0 amide bonds. The van der Waals surface area contributed by atoms with E-state index in [1.165, 1.54) is 122 Å². The summed E-state index contributed by atoms with van der Waals surface area (Å²) in [4.78, 5) is 0. The van der Waals surface area contributed by atoms with Gasteiger partial charge in [-0.25, -0.2) is 0 Å². The Labute approximate surface area is 444 Å². The average Bonchev–Trinajstić information content (AvgIpc) is 3.79. The average molecular weight is 966 g/mol. The zero-order valence-corrected chi connectivity index (χ0v) is 44.0. The molecule has 0 fully saturated rings. The Kier molecular flexibility index (Phi) is 12.3. The van der Waals surface area contributed by atoms with E-state index in [-0.39, 0.29) is 16.7 Å². The van der Waals surface area contributed by atoms with Gasteiger partial charge in [0.25, 0.3) is 0 Å². The third kappa shape index (κ3) is 9.41. The van der Waals surface area contributed by atoms with Gasteiger partial charge >= 0.3 is 0 Å². The van der Waals surface area contributed by atoms with E-state index in [0.29, 0.717) is 0 Å². The number of fused-ring (bicyclic) bond motifs is 3. The fraction of sp³-hybridized carbons (Fsp3) is 0.135. The number of rotatable bonds is 9. The maximum Gasteiger partial charge on any atom is 0.0616 e. The maximum absolute atomic E-state index is 2.64. The number of hydrogen-bond acceptors (Lipinski definition) is 0. The smallest absolute Gasteiger partial charge is 0.0616 e. The largest absolute Gasteiger partial charge is 0.312 e. The summed E-state index contributed by atoms with van der Waals surface area (Å²) in [6.45, 7) is 14.2. The lowest BCUT2D eigenvalue weighted by Gasteiger charge is -2.33. The number of para-hydroxylation sites is 1. The van der Waals surface area contributed by atoms with Gasteiger partial charge in [0.15, 0.2) is 0 Å². The van der Waals surface area contributed by atoms with Crippen molar-refractivity contribution in [3.8, 4) is 83.6 Å². The molecule has 0 bridgehead atoms. The monoisotopic (exact) mass is 965 g/mol. The van der Waals surface area contributed by atoms with Gasteiger partial charge in [0.1, 0.15) is 0 Å². The topological polar surface area (TPSA) is 4.93 Å². The van der Waals surface area contributed by atoms with Crippen LogP contribution in [0.25, 0.3) is 101 Å². The van der Waals surface area contributed by atoms with Gasteiger partial charge in [-0.2, -0.15) is 0 Å². The minimum atomic E-state index is -0.108. The van der Waals surface area contributed by atoms with E-state index in [4.69, 9.17) is 0 Å². The van der Waals surface area contributed by atoms with Crippen molar-refractivity contribution in [1.82, 2.24) is 4.57 Å². The second-order valence-electron chi connectivity index (χ2n) is 22.6. The van der Waals surface area contributed by atoms with Crippen LogP contribution in [0.1, 0.15) is 76.3 Å². The Morgan fingerprint density at radius 1 is 0.347 bits per heavy atom. The fourth-order valence-corrected chi connectivity index (χ4v) is 11.4. The number of benzene rings is 10. The fourth-order valence-electron chi connectivity index (χ4n) is 11.4. The standard InChI is InChI=1S/C74H63N/c1-73(2,3)64-46-67(56-34-22-32-54(38-56)62-42-58(50-24-12-7-13-25-50)40-59(43-62)51-26-14-8-15-27-51)71-69(48-64)70-49-65(74(4,5)6)47-68(72(70)75(71)66-36-20-11-21-37-66)57-35-23-33-55(39-57)63-44-60(52-28-16-9-17-29-52)41-61(45-63)53-30-18-10-19-31-53/h7-46,48-49,68H,47H2,1-6H3. The lowest BCUT2D eigenvalue weighted by atomic mass is 9.73. The highest BCUT2D eigenvalue weighted by atomic mass is 15.0. The molecular formula is C74H63N. The van der Waals surface area contributed by atoms with Gasteiger partial charge in [0, 0.05) is 33.8 Å². The van der Waals surface area contributed by atoms with Crippen molar-refractivity contribution in [2.45, 2.75) is 59.3 Å². The predicted molar refractivity (Wildman–Crippen MR) is 320 cm³/mol. The summed E-state index contributed by atoms with van der Waals surface area (Å²) in [6, 6.07) is 92.3. The summed E-state index contributed by atoms with van der Waals surface area (Å²) in [5.74, 6) is 0.0760. The van der Waals surface area contributed by atoms with E-state index in [0.717, 1.165) is 6.42 Å². The highest BCUT2D eigenvalue weighted by Crippen LogP contribution is 2.51. The number of allylic oxidation sites excluding steroid dienone is 1. The van der Waals surface area contributed by atoms with Crippen LogP contribution in [0.5, 0.6) is 0 Å². The first kappa shape index (κ1) is 47.5. The van der Waals surface area contributed by atoms with Crippen molar-refractivity contribution < 1.29 is 0 Å². The SMILES string of the molecule is CC(C)(C)C1=Cc2c(n(-c3ccccc3)c3c(-c4cccc(-c5cc(-c6ccccc6)cc(-c6ccccc6)c5)c4)cc(C(C)(C)C)cc23)C(c2cccc(-c3cc(-c4ccccc4)cc(-c4ccccc4)c3)c2)C1. The molecule has 1 aliphatic carbocycles. The first-order chi connectivity index (χ1) is 36.4. The first-order valence-corrected chi connectivity index (χ1v) is 26.7. The molecule has 0 spiro atoms. The van der Waals surface area contributed by atoms with E-state index >= 15 is 0 Å². The zero-order chi connectivity index (χ0) is 51.3. The van der Waals surface area contributed by atoms with Crippen molar-refractivity contribution in [2.75, 3.05) is 0 Å². The van der Waals surface area contributed by atoms with Gasteiger partial charge in [-0.05, 0) is 167 Å². The van der Waals surface area contributed by atoms with Crippen LogP contribution in [0.2, 0.25) is 0 Å². The third-order valence-corrected chi connectivity index (χ3v) is 15.5. The van der Waals surface area contributed by atoms with Crippen LogP contribution >= 0.6 is 0 Å². The molecule has 0 saturated heterocycles. The Morgan fingerprint density at radius 2 is 0.733 bits per heavy atom. The van der Waals surface area contributed by atoms with Crippen molar-refractivity contribution in [3.63, 3.8) is 0 Å². The van der Waals surface area contributed by atoms with Crippen molar-refractivity contribution in [3.05, 3.63) is 277 Å². The van der Waals surface area contributed by atoms with Gasteiger partial charge < -0.3 is 4.57 Å². The van der Waals surface area contributed by atoms with Crippen molar-refractivity contribution in [2.24, 2.45) is 5.41 Å². The van der Waals surface area contributed by atoms with Crippen LogP contribution in [-0.4, -0.2) is 4.57 Å². The maximum atomic E-state index is 2.64. The lowest BCUT2D eigenvalue weighted by molar-refractivity contribution is 0.473. The molecule has 0 radical (unpaired) electrons. The van der Waals surface area contributed by atoms with Crippen LogP contribution in [0, 0.1) is 5.41 Å². The second-order valence-corrected chi connectivity index (χ2v) is 22.6. The van der Waals surface area contributed by atoms with E-state index < -0.39 is 0 Å². The molecule has 11 aromatic rings. The summed E-state index contributed by atoms with van der Waals surface area (Å²) in [5.41, 5.74) is 26.0. The third-order valence-electron chi connectivity index (χ3n) is 15.5. The molecule has 364 valence electrons. The van der Waals surface area contributed by atoms with E-state index in [1.54, 1.807) is 0 Å². The van der Waals surface area contributed by atoms with Crippen LogP contribution in [0.3, 0.4) is 0 Å². The Balaban J connectivity index is 1.09. The van der Waals surface area contributed by atoms with Crippen molar-refractivity contribution >= 4 is 17.0 Å². The molecule has 1 nitrogen and oxygen atoms in total. The zero-order valence-electron chi connectivity index (χ0n) is 44.0. The molecule has 0 N–H and O–H groups in total. The van der Waals surface area contributed by atoms with Crippen LogP contribution in [0.4, 0.5) is 0 Å². The summed E-state index contributed by atoms with van der Waals surface area (Å²) in [6.07, 6.45) is 3.49. The number of hydrogen-bond donors (Lipinski definition) is 0. The van der Waals surface area contributed by atoms with Gasteiger partial charge in [0.05, 0.1) is 5.52 Å². The lowest BCUT2D eigenvalue weighted by Crippen LogP contribution is -2.19. The van der Waals surface area contributed by atoms with E-state index in [9.17, 15) is 0 Å². The molecule has 75 heavy (non-hydrogen) atoms. The summed E-state index contributed by atoms with van der Waals surface area (Å²) >= 11 is 0. The van der Waals surface area contributed by atoms with Gasteiger partial charge in [0.2, 0.25) is 0 Å². The summed E-state index contributed by atoms with van der Waals surface area (Å²) in [7, 11) is 0. The Hall–Kier alpha value is -8.52. The minimum Gasteiger partial charge on any atom is -0.312 e. The Morgan fingerprint density at radius 3 is 1.19 bits per heavy atom. The number of nitrogens with zero attached hydrogens (tertiary/aromatic N) is 1. The Bertz CT molecular complexity index is 3770. The van der Waals surface area contributed by atoms with Gasteiger partial charge in [-0.3, -0.25) is 0 Å². The molecule has 1 atom stereocenters.